The van der Waals surface area contributed by atoms with Crippen LogP contribution in [0.3, 0.4) is 0 Å². The molecule has 20 heavy (non-hydrogen) atoms. The lowest BCUT2D eigenvalue weighted by Crippen LogP contribution is -2.58. The van der Waals surface area contributed by atoms with E-state index in [2.05, 4.69) is 56.1 Å². The third kappa shape index (κ3) is 3.97. The van der Waals surface area contributed by atoms with Crippen molar-refractivity contribution in [1.29, 1.82) is 0 Å². The second kappa shape index (κ2) is 6.59. The van der Waals surface area contributed by atoms with Crippen LogP contribution < -0.4 is 10.1 Å². The lowest BCUT2D eigenvalue weighted by Gasteiger charge is -2.42. The summed E-state index contributed by atoms with van der Waals surface area (Å²) < 4.78 is 5.93. The van der Waals surface area contributed by atoms with Gasteiger partial charge in [-0.3, -0.25) is 4.90 Å². The van der Waals surface area contributed by atoms with E-state index in [9.17, 15) is 0 Å². The molecule has 0 atom stereocenters. The first-order valence-corrected chi connectivity index (χ1v) is 7.65. The van der Waals surface area contributed by atoms with Crippen molar-refractivity contribution in [3.8, 4) is 5.75 Å². The summed E-state index contributed by atoms with van der Waals surface area (Å²) in [7, 11) is 0. The zero-order chi connectivity index (χ0) is 14.6. The zero-order valence-corrected chi connectivity index (χ0v) is 13.3. The predicted molar refractivity (Wildman–Crippen MR) is 84.5 cm³/mol. The van der Waals surface area contributed by atoms with Crippen molar-refractivity contribution in [2.45, 2.75) is 39.7 Å². The topological polar surface area (TPSA) is 24.5 Å². The normalized spacial score (nSPS) is 19.0. The molecule has 0 amide bonds. The summed E-state index contributed by atoms with van der Waals surface area (Å²) in [5, 5.41) is 3.46. The van der Waals surface area contributed by atoms with Gasteiger partial charge in [0.15, 0.2) is 0 Å². The second-order valence-corrected chi connectivity index (χ2v) is 6.45. The molecule has 2 rings (SSSR count). The number of ether oxygens (including phenoxy) is 1. The molecule has 3 heteroatoms. The summed E-state index contributed by atoms with van der Waals surface area (Å²) in [4.78, 5) is 2.57. The molecule has 112 valence electrons. The minimum absolute atomic E-state index is 0.261. The van der Waals surface area contributed by atoms with Crippen molar-refractivity contribution in [2.24, 2.45) is 0 Å². The molecule has 1 aliphatic heterocycles. The fourth-order valence-corrected chi connectivity index (χ4v) is 2.74. The van der Waals surface area contributed by atoms with Crippen LogP contribution in [0.2, 0.25) is 0 Å². The Kier molecular flexibility index (Phi) is 5.06. The molecule has 0 spiro atoms. The zero-order valence-electron chi connectivity index (χ0n) is 13.3. The average Bonchev–Trinajstić information content (AvgIpc) is 2.39. The Balaban J connectivity index is 1.77. The molecular weight excluding hydrogens is 248 g/mol. The van der Waals surface area contributed by atoms with Crippen LogP contribution in [-0.2, 0) is 0 Å². The van der Waals surface area contributed by atoms with Gasteiger partial charge in [-0.25, -0.2) is 0 Å². The van der Waals surface area contributed by atoms with Crippen LogP contribution in [0.25, 0.3) is 0 Å². The second-order valence-electron chi connectivity index (χ2n) is 6.45. The highest BCUT2D eigenvalue weighted by Crippen LogP contribution is 2.20. The SMILES string of the molecule is Cc1ccc(C)c(OCCCN2CCNCC2(C)C)c1. The van der Waals surface area contributed by atoms with E-state index >= 15 is 0 Å². The molecule has 1 aromatic rings. The largest absolute Gasteiger partial charge is 0.493 e. The number of aryl methyl sites for hydroxylation is 2. The van der Waals surface area contributed by atoms with E-state index in [1.165, 1.54) is 11.1 Å². The van der Waals surface area contributed by atoms with Crippen LogP contribution in [0.15, 0.2) is 18.2 Å². The number of nitrogens with zero attached hydrogens (tertiary/aromatic N) is 1. The van der Waals surface area contributed by atoms with Crippen LogP contribution in [-0.4, -0.2) is 43.2 Å². The predicted octanol–water partition coefficient (Wildman–Crippen LogP) is 2.76. The Bertz CT molecular complexity index is 443. The molecule has 0 saturated carbocycles. The molecule has 1 saturated heterocycles. The summed E-state index contributed by atoms with van der Waals surface area (Å²) >= 11 is 0. The number of piperazine rings is 1. The molecule has 0 radical (unpaired) electrons. The summed E-state index contributed by atoms with van der Waals surface area (Å²) in [5.41, 5.74) is 2.74. The van der Waals surface area contributed by atoms with Gasteiger partial charge in [0, 0.05) is 31.7 Å². The summed E-state index contributed by atoms with van der Waals surface area (Å²) in [6, 6.07) is 6.39. The van der Waals surface area contributed by atoms with Crippen molar-refractivity contribution in [1.82, 2.24) is 10.2 Å². The van der Waals surface area contributed by atoms with Gasteiger partial charge in [-0.2, -0.15) is 0 Å². The summed E-state index contributed by atoms with van der Waals surface area (Å²) in [6.07, 6.45) is 1.08. The van der Waals surface area contributed by atoms with E-state index < -0.39 is 0 Å². The number of rotatable bonds is 5. The van der Waals surface area contributed by atoms with Gasteiger partial charge in [0.25, 0.3) is 0 Å². The number of benzene rings is 1. The Labute approximate surface area is 123 Å². The maximum Gasteiger partial charge on any atom is 0.122 e. The smallest absolute Gasteiger partial charge is 0.122 e. The third-order valence-corrected chi connectivity index (χ3v) is 4.15. The van der Waals surface area contributed by atoms with Gasteiger partial charge >= 0.3 is 0 Å². The molecule has 1 fully saturated rings. The van der Waals surface area contributed by atoms with E-state index in [0.29, 0.717) is 0 Å². The molecule has 0 aromatic heterocycles. The molecule has 0 aliphatic carbocycles. The van der Waals surface area contributed by atoms with Gasteiger partial charge in [0.2, 0.25) is 0 Å². The van der Waals surface area contributed by atoms with E-state index in [4.69, 9.17) is 4.74 Å². The molecule has 1 aromatic carbocycles. The first-order chi connectivity index (χ1) is 9.49. The van der Waals surface area contributed by atoms with Gasteiger partial charge in [0.05, 0.1) is 6.61 Å². The van der Waals surface area contributed by atoms with E-state index in [1.54, 1.807) is 0 Å². The monoisotopic (exact) mass is 276 g/mol. The maximum atomic E-state index is 5.93. The minimum atomic E-state index is 0.261. The van der Waals surface area contributed by atoms with Gasteiger partial charge in [0.1, 0.15) is 5.75 Å². The van der Waals surface area contributed by atoms with Crippen molar-refractivity contribution in [2.75, 3.05) is 32.8 Å². The number of nitrogens with one attached hydrogen (secondary N) is 1. The van der Waals surface area contributed by atoms with Gasteiger partial charge in [-0.1, -0.05) is 12.1 Å². The van der Waals surface area contributed by atoms with Crippen molar-refractivity contribution in [3.05, 3.63) is 29.3 Å². The third-order valence-electron chi connectivity index (χ3n) is 4.15. The minimum Gasteiger partial charge on any atom is -0.493 e. The summed E-state index contributed by atoms with van der Waals surface area (Å²) in [6.45, 7) is 14.0. The van der Waals surface area contributed by atoms with Crippen molar-refractivity contribution >= 4 is 0 Å². The molecular formula is C17H28N2O. The van der Waals surface area contributed by atoms with E-state index in [1.807, 2.05) is 0 Å². The van der Waals surface area contributed by atoms with Crippen molar-refractivity contribution in [3.63, 3.8) is 0 Å². The molecule has 0 unspecified atom stereocenters. The Morgan fingerprint density at radius 1 is 1.30 bits per heavy atom. The fourth-order valence-electron chi connectivity index (χ4n) is 2.74. The number of hydrogen-bond donors (Lipinski definition) is 1. The van der Waals surface area contributed by atoms with Crippen LogP contribution in [0.1, 0.15) is 31.4 Å². The van der Waals surface area contributed by atoms with Crippen LogP contribution in [0, 0.1) is 13.8 Å². The molecule has 1 N–H and O–H groups in total. The van der Waals surface area contributed by atoms with Gasteiger partial charge < -0.3 is 10.1 Å². The first kappa shape index (κ1) is 15.3. The molecule has 0 bridgehead atoms. The lowest BCUT2D eigenvalue weighted by molar-refractivity contribution is 0.0842. The molecule has 3 nitrogen and oxygen atoms in total. The fraction of sp³-hybridized carbons (Fsp3) is 0.647. The number of hydrogen-bond acceptors (Lipinski definition) is 3. The molecule has 1 heterocycles. The van der Waals surface area contributed by atoms with Crippen LogP contribution >= 0.6 is 0 Å². The Hall–Kier alpha value is -1.06. The first-order valence-electron chi connectivity index (χ1n) is 7.65. The highest BCUT2D eigenvalue weighted by molar-refractivity contribution is 5.35. The Morgan fingerprint density at radius 3 is 2.85 bits per heavy atom. The van der Waals surface area contributed by atoms with Gasteiger partial charge in [-0.15, -0.1) is 0 Å². The highest BCUT2D eigenvalue weighted by atomic mass is 16.5. The van der Waals surface area contributed by atoms with Crippen molar-refractivity contribution < 1.29 is 4.74 Å². The highest BCUT2D eigenvalue weighted by Gasteiger charge is 2.28. The average molecular weight is 276 g/mol. The van der Waals surface area contributed by atoms with E-state index in [-0.39, 0.29) is 5.54 Å². The van der Waals surface area contributed by atoms with Crippen LogP contribution in [0.4, 0.5) is 0 Å². The van der Waals surface area contributed by atoms with E-state index in [0.717, 1.165) is 45.0 Å². The lowest BCUT2D eigenvalue weighted by atomic mass is 10.00. The summed E-state index contributed by atoms with van der Waals surface area (Å²) in [5.74, 6) is 1.03. The molecule has 1 aliphatic rings. The standard InChI is InChI=1S/C17H28N2O/c1-14-6-7-15(2)16(12-14)20-11-5-9-19-10-8-18-13-17(19,3)4/h6-7,12,18H,5,8-11,13H2,1-4H3. The Morgan fingerprint density at radius 2 is 2.10 bits per heavy atom. The quantitative estimate of drug-likeness (QED) is 0.837. The maximum absolute atomic E-state index is 5.93. The van der Waals surface area contributed by atoms with Gasteiger partial charge in [-0.05, 0) is 51.3 Å². The van der Waals surface area contributed by atoms with Crippen LogP contribution in [0.5, 0.6) is 5.75 Å².